The van der Waals surface area contributed by atoms with E-state index in [0.717, 1.165) is 0 Å². The van der Waals surface area contributed by atoms with Gasteiger partial charge in [-0.25, -0.2) is 14.4 Å². The molecule has 0 unspecified atom stereocenters. The molecule has 0 fully saturated rings. The lowest BCUT2D eigenvalue weighted by Crippen LogP contribution is -2.07. The molecular weight excluding hydrogens is 269 g/mol. The number of halogens is 2. The van der Waals surface area contributed by atoms with Crippen molar-refractivity contribution in [2.45, 2.75) is 20.0 Å². The van der Waals surface area contributed by atoms with Crippen LogP contribution in [0.4, 0.5) is 10.2 Å². The summed E-state index contributed by atoms with van der Waals surface area (Å²) < 4.78 is 18.9. The Kier molecular flexibility index (Phi) is 3.85. The molecule has 4 nitrogen and oxygen atoms in total. The lowest BCUT2D eigenvalue weighted by Gasteiger charge is -2.14. The van der Waals surface area contributed by atoms with Gasteiger partial charge in [0, 0.05) is 11.6 Å². The molecule has 2 aromatic rings. The molecule has 0 aliphatic heterocycles. The smallest absolute Gasteiger partial charge is 0.157 e. The fourth-order valence-corrected chi connectivity index (χ4v) is 1.85. The number of ether oxygens (including phenoxy) is 1. The molecule has 2 rings (SSSR count). The summed E-state index contributed by atoms with van der Waals surface area (Å²) in [7, 11) is 0. The molecule has 0 atom stereocenters. The average Bonchev–Trinajstić information content (AvgIpc) is 2.30. The molecule has 0 amide bonds. The van der Waals surface area contributed by atoms with Crippen molar-refractivity contribution >= 4 is 17.4 Å². The lowest BCUT2D eigenvalue weighted by atomic mass is 10.1. The molecule has 1 aromatic carbocycles. The van der Waals surface area contributed by atoms with Gasteiger partial charge in [-0.2, -0.15) is 0 Å². The second-order valence-electron chi connectivity index (χ2n) is 4.24. The number of benzene rings is 1. The maximum absolute atomic E-state index is 13.3. The SMILES string of the molecule is CC(C)Oc1cc(F)ccc1-c1ncc(N)nc1Cl. The zero-order valence-corrected chi connectivity index (χ0v) is 11.3. The van der Waals surface area contributed by atoms with Gasteiger partial charge >= 0.3 is 0 Å². The molecule has 0 radical (unpaired) electrons. The highest BCUT2D eigenvalue weighted by Crippen LogP contribution is 2.33. The first-order valence-electron chi connectivity index (χ1n) is 5.72. The minimum absolute atomic E-state index is 0.0962. The number of anilines is 1. The fourth-order valence-electron chi connectivity index (χ4n) is 1.60. The summed E-state index contributed by atoms with van der Waals surface area (Å²) in [6, 6.07) is 4.17. The van der Waals surface area contributed by atoms with Gasteiger partial charge in [-0.15, -0.1) is 0 Å². The van der Waals surface area contributed by atoms with Crippen LogP contribution >= 0.6 is 11.6 Å². The highest BCUT2D eigenvalue weighted by molar-refractivity contribution is 6.32. The molecule has 0 saturated heterocycles. The van der Waals surface area contributed by atoms with Gasteiger partial charge in [-0.3, -0.25) is 0 Å². The van der Waals surface area contributed by atoms with Crippen LogP contribution in [0.3, 0.4) is 0 Å². The maximum atomic E-state index is 13.3. The van der Waals surface area contributed by atoms with E-state index in [2.05, 4.69) is 9.97 Å². The predicted molar refractivity (Wildman–Crippen MR) is 72.6 cm³/mol. The van der Waals surface area contributed by atoms with Crippen LogP contribution in [0.15, 0.2) is 24.4 Å². The molecule has 0 aliphatic carbocycles. The van der Waals surface area contributed by atoms with E-state index in [1.807, 2.05) is 13.8 Å². The summed E-state index contributed by atoms with van der Waals surface area (Å²) in [5.74, 6) is 0.206. The van der Waals surface area contributed by atoms with E-state index >= 15 is 0 Å². The summed E-state index contributed by atoms with van der Waals surface area (Å²) in [5, 5.41) is 0.153. The van der Waals surface area contributed by atoms with Gasteiger partial charge < -0.3 is 10.5 Å². The van der Waals surface area contributed by atoms with Crippen molar-refractivity contribution in [1.82, 2.24) is 9.97 Å². The van der Waals surface area contributed by atoms with Crippen LogP contribution in [0.25, 0.3) is 11.3 Å². The molecule has 0 bridgehead atoms. The number of nitrogens with zero attached hydrogens (tertiary/aromatic N) is 2. The molecule has 0 saturated carbocycles. The summed E-state index contributed by atoms with van der Waals surface area (Å²) in [5.41, 5.74) is 6.48. The van der Waals surface area contributed by atoms with Crippen LogP contribution in [0.5, 0.6) is 5.75 Å². The van der Waals surface area contributed by atoms with E-state index in [-0.39, 0.29) is 22.9 Å². The zero-order valence-electron chi connectivity index (χ0n) is 10.5. The molecule has 2 N–H and O–H groups in total. The number of nitrogens with two attached hydrogens (primary N) is 1. The van der Waals surface area contributed by atoms with E-state index in [9.17, 15) is 4.39 Å². The molecule has 6 heteroatoms. The van der Waals surface area contributed by atoms with E-state index in [1.165, 1.54) is 18.3 Å². The number of hydrogen-bond donors (Lipinski definition) is 1. The Morgan fingerprint density at radius 3 is 2.74 bits per heavy atom. The third kappa shape index (κ3) is 3.12. The average molecular weight is 282 g/mol. The monoisotopic (exact) mass is 281 g/mol. The highest BCUT2D eigenvalue weighted by atomic mass is 35.5. The van der Waals surface area contributed by atoms with Crippen LogP contribution in [0.1, 0.15) is 13.8 Å². The van der Waals surface area contributed by atoms with Crippen molar-refractivity contribution in [3.63, 3.8) is 0 Å². The summed E-state index contributed by atoms with van der Waals surface area (Å²) in [6.45, 7) is 3.70. The minimum Gasteiger partial charge on any atom is -0.490 e. The Labute approximate surface area is 115 Å². The molecular formula is C13H13ClFN3O. The first-order valence-corrected chi connectivity index (χ1v) is 6.09. The topological polar surface area (TPSA) is 61.0 Å². The van der Waals surface area contributed by atoms with E-state index in [0.29, 0.717) is 17.0 Å². The van der Waals surface area contributed by atoms with Crippen LogP contribution in [-0.4, -0.2) is 16.1 Å². The second kappa shape index (κ2) is 5.40. The van der Waals surface area contributed by atoms with Crippen LogP contribution in [0.2, 0.25) is 5.15 Å². The van der Waals surface area contributed by atoms with Crippen molar-refractivity contribution in [1.29, 1.82) is 0 Å². The third-order valence-corrected chi connectivity index (χ3v) is 2.57. The molecule has 100 valence electrons. The highest BCUT2D eigenvalue weighted by Gasteiger charge is 2.14. The largest absolute Gasteiger partial charge is 0.490 e. The van der Waals surface area contributed by atoms with Gasteiger partial charge in [0.25, 0.3) is 0 Å². The third-order valence-electron chi connectivity index (χ3n) is 2.31. The lowest BCUT2D eigenvalue weighted by molar-refractivity contribution is 0.242. The van der Waals surface area contributed by atoms with Crippen LogP contribution in [0, 0.1) is 5.82 Å². The molecule has 0 spiro atoms. The van der Waals surface area contributed by atoms with Gasteiger partial charge in [0.15, 0.2) is 5.15 Å². The Balaban J connectivity index is 2.54. The van der Waals surface area contributed by atoms with Crippen molar-refractivity contribution < 1.29 is 9.13 Å². The van der Waals surface area contributed by atoms with Gasteiger partial charge in [0.05, 0.1) is 12.3 Å². The zero-order chi connectivity index (χ0) is 14.0. The van der Waals surface area contributed by atoms with E-state index in [4.69, 9.17) is 22.1 Å². The minimum atomic E-state index is -0.390. The second-order valence-corrected chi connectivity index (χ2v) is 4.60. The van der Waals surface area contributed by atoms with Gasteiger partial charge in [-0.1, -0.05) is 11.6 Å². The summed E-state index contributed by atoms with van der Waals surface area (Å²) >= 11 is 6.01. The number of aromatic nitrogens is 2. The summed E-state index contributed by atoms with van der Waals surface area (Å²) in [6.07, 6.45) is 1.30. The molecule has 1 heterocycles. The van der Waals surface area contributed by atoms with Gasteiger partial charge in [-0.05, 0) is 26.0 Å². The fraction of sp³-hybridized carbons (Fsp3) is 0.231. The predicted octanol–water partition coefficient (Wildman–Crippen LogP) is 3.31. The van der Waals surface area contributed by atoms with Crippen molar-refractivity contribution in [2.24, 2.45) is 0 Å². The number of rotatable bonds is 3. The quantitative estimate of drug-likeness (QED) is 0.938. The Hall–Kier alpha value is -1.88. The van der Waals surface area contributed by atoms with Gasteiger partial charge in [0.1, 0.15) is 23.1 Å². The Bertz CT molecular complexity index is 604. The number of nitrogen functional groups attached to an aromatic ring is 1. The van der Waals surface area contributed by atoms with Crippen LogP contribution < -0.4 is 10.5 Å². The molecule has 19 heavy (non-hydrogen) atoms. The van der Waals surface area contributed by atoms with Crippen molar-refractivity contribution in [2.75, 3.05) is 5.73 Å². The number of hydrogen-bond acceptors (Lipinski definition) is 4. The molecule has 0 aliphatic rings. The van der Waals surface area contributed by atoms with E-state index < -0.39 is 0 Å². The first-order chi connectivity index (χ1) is 8.97. The van der Waals surface area contributed by atoms with Crippen molar-refractivity contribution in [3.8, 4) is 17.0 Å². The normalized spacial score (nSPS) is 10.8. The van der Waals surface area contributed by atoms with E-state index in [1.54, 1.807) is 6.07 Å². The Morgan fingerprint density at radius 1 is 1.37 bits per heavy atom. The summed E-state index contributed by atoms with van der Waals surface area (Å²) in [4.78, 5) is 8.05. The standard InChI is InChI=1S/C13H13ClFN3O/c1-7(2)19-10-5-8(15)3-4-9(10)12-13(14)18-11(16)6-17-12/h3-7H,1-2H3,(H2,16,18). The molecule has 1 aromatic heterocycles. The van der Waals surface area contributed by atoms with Crippen molar-refractivity contribution in [3.05, 3.63) is 35.4 Å². The van der Waals surface area contributed by atoms with Crippen LogP contribution in [-0.2, 0) is 0 Å². The Morgan fingerprint density at radius 2 is 2.11 bits per heavy atom. The maximum Gasteiger partial charge on any atom is 0.157 e. The van der Waals surface area contributed by atoms with Gasteiger partial charge in [0.2, 0.25) is 0 Å². The first kappa shape index (κ1) is 13.5.